The van der Waals surface area contributed by atoms with Gasteiger partial charge in [-0.25, -0.2) is 0 Å². The Kier molecular flexibility index (Phi) is 5.16. The summed E-state index contributed by atoms with van der Waals surface area (Å²) in [6.07, 6.45) is 1.74. The molecule has 0 saturated heterocycles. The number of nitrogens with two attached hydrogens (primary N) is 1. The molecule has 0 aromatic heterocycles. The standard InChI is InChI=1S/C12H17N3O2/c1-9-10(7-11(15-17)5-6-13)3-2-4-12(9)14-8-16/h2-4,8,17H,5-7,13H2,1H3,(H,14,16)/b15-11-. The maximum Gasteiger partial charge on any atom is 0.211 e. The number of hydrogen-bond donors (Lipinski definition) is 3. The van der Waals surface area contributed by atoms with E-state index >= 15 is 0 Å². The quantitative estimate of drug-likeness (QED) is 0.300. The van der Waals surface area contributed by atoms with Gasteiger partial charge in [0.15, 0.2) is 0 Å². The van der Waals surface area contributed by atoms with Gasteiger partial charge in [0.2, 0.25) is 6.41 Å². The van der Waals surface area contributed by atoms with Crippen LogP contribution >= 0.6 is 0 Å². The molecule has 0 aliphatic rings. The molecule has 0 aliphatic heterocycles. The van der Waals surface area contributed by atoms with E-state index in [-0.39, 0.29) is 0 Å². The lowest BCUT2D eigenvalue weighted by Gasteiger charge is -2.10. The Hall–Kier alpha value is -1.88. The lowest BCUT2D eigenvalue weighted by molar-refractivity contribution is -0.105. The van der Waals surface area contributed by atoms with Gasteiger partial charge in [-0.15, -0.1) is 0 Å². The number of nitrogens with one attached hydrogen (secondary N) is 1. The van der Waals surface area contributed by atoms with Crippen LogP contribution in [0.1, 0.15) is 17.5 Å². The van der Waals surface area contributed by atoms with E-state index in [0.29, 0.717) is 31.5 Å². The second-order valence-electron chi connectivity index (χ2n) is 3.73. The SMILES string of the molecule is Cc1c(C/C(CCN)=N\O)cccc1NC=O. The topological polar surface area (TPSA) is 87.7 Å². The fraction of sp³-hybridized carbons (Fsp3) is 0.333. The molecule has 1 aromatic rings. The fourth-order valence-electron chi connectivity index (χ4n) is 1.66. The van der Waals surface area contributed by atoms with Crippen molar-refractivity contribution in [3.05, 3.63) is 29.3 Å². The fourth-order valence-corrected chi connectivity index (χ4v) is 1.66. The highest BCUT2D eigenvalue weighted by Crippen LogP contribution is 2.19. The minimum absolute atomic E-state index is 0.449. The number of rotatable bonds is 6. The van der Waals surface area contributed by atoms with Crippen molar-refractivity contribution in [2.75, 3.05) is 11.9 Å². The summed E-state index contributed by atoms with van der Waals surface area (Å²) in [5.74, 6) is 0. The Balaban J connectivity index is 2.90. The molecule has 0 atom stereocenters. The highest BCUT2D eigenvalue weighted by atomic mass is 16.4. The van der Waals surface area contributed by atoms with E-state index < -0.39 is 0 Å². The Labute approximate surface area is 100 Å². The number of carbonyl (C=O) groups excluding carboxylic acids is 1. The number of hydrogen-bond acceptors (Lipinski definition) is 4. The summed E-state index contributed by atoms with van der Waals surface area (Å²) in [5, 5.41) is 14.7. The molecule has 17 heavy (non-hydrogen) atoms. The van der Waals surface area contributed by atoms with Crippen LogP contribution in [0.5, 0.6) is 0 Å². The number of carbonyl (C=O) groups is 1. The van der Waals surface area contributed by atoms with E-state index in [1.54, 1.807) is 0 Å². The highest BCUT2D eigenvalue weighted by molar-refractivity contribution is 5.87. The lowest BCUT2D eigenvalue weighted by Crippen LogP contribution is -2.12. The molecule has 0 radical (unpaired) electrons. The van der Waals surface area contributed by atoms with Crippen LogP contribution in [-0.4, -0.2) is 23.9 Å². The number of anilines is 1. The smallest absolute Gasteiger partial charge is 0.211 e. The molecule has 0 unspecified atom stereocenters. The molecule has 1 rings (SSSR count). The molecule has 0 saturated carbocycles. The summed E-state index contributed by atoms with van der Waals surface area (Å²) in [5.41, 5.74) is 8.81. The molecule has 5 nitrogen and oxygen atoms in total. The van der Waals surface area contributed by atoms with E-state index in [1.807, 2.05) is 25.1 Å². The largest absolute Gasteiger partial charge is 0.411 e. The van der Waals surface area contributed by atoms with Crippen molar-refractivity contribution in [2.45, 2.75) is 19.8 Å². The van der Waals surface area contributed by atoms with Crippen molar-refractivity contribution < 1.29 is 10.0 Å². The monoisotopic (exact) mass is 235 g/mol. The Morgan fingerprint density at radius 3 is 2.94 bits per heavy atom. The summed E-state index contributed by atoms with van der Waals surface area (Å²) in [6, 6.07) is 5.62. The average molecular weight is 235 g/mol. The zero-order valence-corrected chi connectivity index (χ0v) is 9.81. The molecule has 0 spiro atoms. The van der Waals surface area contributed by atoms with Crippen LogP contribution in [0.15, 0.2) is 23.4 Å². The molecule has 4 N–H and O–H groups in total. The molecular weight excluding hydrogens is 218 g/mol. The number of nitrogens with zero attached hydrogens (tertiary/aromatic N) is 1. The zero-order chi connectivity index (χ0) is 12.7. The number of oxime groups is 1. The van der Waals surface area contributed by atoms with Crippen LogP contribution in [0, 0.1) is 6.92 Å². The first kappa shape index (κ1) is 13.2. The summed E-state index contributed by atoms with van der Waals surface area (Å²) in [7, 11) is 0. The van der Waals surface area contributed by atoms with Crippen LogP contribution in [0.3, 0.4) is 0 Å². The predicted molar refractivity (Wildman–Crippen MR) is 67.5 cm³/mol. The van der Waals surface area contributed by atoms with Gasteiger partial charge in [-0.3, -0.25) is 4.79 Å². The van der Waals surface area contributed by atoms with Crippen molar-refractivity contribution in [3.63, 3.8) is 0 Å². The molecule has 1 amide bonds. The lowest BCUT2D eigenvalue weighted by atomic mass is 10.00. The van der Waals surface area contributed by atoms with Gasteiger partial charge >= 0.3 is 0 Å². The van der Waals surface area contributed by atoms with Crippen LogP contribution in [0.25, 0.3) is 0 Å². The molecule has 0 aliphatic carbocycles. The molecule has 0 bridgehead atoms. The summed E-state index contributed by atoms with van der Waals surface area (Å²) in [4.78, 5) is 10.4. The van der Waals surface area contributed by atoms with Gasteiger partial charge in [-0.2, -0.15) is 0 Å². The molecular formula is C12H17N3O2. The van der Waals surface area contributed by atoms with Gasteiger partial charge in [0, 0.05) is 18.5 Å². The van der Waals surface area contributed by atoms with Crippen molar-refractivity contribution in [3.8, 4) is 0 Å². The first-order valence-corrected chi connectivity index (χ1v) is 5.41. The van der Waals surface area contributed by atoms with Crippen LogP contribution < -0.4 is 11.1 Å². The van der Waals surface area contributed by atoms with Crippen LogP contribution in [-0.2, 0) is 11.2 Å². The minimum Gasteiger partial charge on any atom is -0.411 e. The molecule has 0 heterocycles. The molecule has 1 aromatic carbocycles. The van der Waals surface area contributed by atoms with Gasteiger partial charge in [0.25, 0.3) is 0 Å². The first-order valence-electron chi connectivity index (χ1n) is 5.41. The maximum absolute atomic E-state index is 10.4. The highest BCUT2D eigenvalue weighted by Gasteiger charge is 2.07. The third-order valence-corrected chi connectivity index (χ3v) is 2.63. The van der Waals surface area contributed by atoms with E-state index in [1.165, 1.54) is 0 Å². The normalized spacial score (nSPS) is 11.3. The van der Waals surface area contributed by atoms with Crippen molar-refractivity contribution in [1.29, 1.82) is 0 Å². The van der Waals surface area contributed by atoms with Crippen LogP contribution in [0.2, 0.25) is 0 Å². The Morgan fingerprint density at radius 1 is 1.59 bits per heavy atom. The van der Waals surface area contributed by atoms with Crippen molar-refractivity contribution in [2.24, 2.45) is 10.9 Å². The Bertz CT molecular complexity index is 416. The number of amides is 1. The van der Waals surface area contributed by atoms with Crippen molar-refractivity contribution >= 4 is 17.8 Å². The summed E-state index contributed by atoms with van der Waals surface area (Å²) >= 11 is 0. The minimum atomic E-state index is 0.449. The molecule has 92 valence electrons. The van der Waals surface area contributed by atoms with E-state index in [9.17, 15) is 4.79 Å². The zero-order valence-electron chi connectivity index (χ0n) is 9.81. The second kappa shape index (κ2) is 6.65. The third kappa shape index (κ3) is 3.57. The molecule has 5 heteroatoms. The van der Waals surface area contributed by atoms with Gasteiger partial charge < -0.3 is 16.3 Å². The summed E-state index contributed by atoms with van der Waals surface area (Å²) in [6.45, 7) is 2.36. The number of benzene rings is 1. The average Bonchev–Trinajstić information content (AvgIpc) is 2.33. The summed E-state index contributed by atoms with van der Waals surface area (Å²) < 4.78 is 0. The van der Waals surface area contributed by atoms with E-state index in [2.05, 4.69) is 10.5 Å². The third-order valence-electron chi connectivity index (χ3n) is 2.63. The van der Waals surface area contributed by atoms with Gasteiger partial charge in [0.1, 0.15) is 0 Å². The maximum atomic E-state index is 10.4. The van der Waals surface area contributed by atoms with E-state index in [4.69, 9.17) is 10.9 Å². The first-order chi connectivity index (χ1) is 8.22. The van der Waals surface area contributed by atoms with Gasteiger partial charge in [-0.1, -0.05) is 17.3 Å². The van der Waals surface area contributed by atoms with Crippen LogP contribution in [0.4, 0.5) is 5.69 Å². The van der Waals surface area contributed by atoms with Gasteiger partial charge in [0.05, 0.1) is 5.71 Å². The predicted octanol–water partition coefficient (Wildman–Crippen LogP) is 1.28. The molecule has 0 fully saturated rings. The van der Waals surface area contributed by atoms with Gasteiger partial charge in [-0.05, 0) is 30.7 Å². The second-order valence-corrected chi connectivity index (χ2v) is 3.73. The van der Waals surface area contributed by atoms with Crippen molar-refractivity contribution in [1.82, 2.24) is 0 Å². The van der Waals surface area contributed by atoms with E-state index in [0.717, 1.165) is 16.8 Å². The Morgan fingerprint density at radius 2 is 2.35 bits per heavy atom.